The second-order valence-corrected chi connectivity index (χ2v) is 4.31. The molecule has 5 heteroatoms. The molecule has 0 spiro atoms. The highest BCUT2D eigenvalue weighted by atomic mass is 16.4. The molecule has 1 atom stereocenters. The molecular weight excluding hydrogens is 210 g/mol. The van der Waals surface area contributed by atoms with Crippen LogP contribution in [0.5, 0.6) is 0 Å². The maximum absolute atomic E-state index is 11.7. The molecule has 0 aromatic heterocycles. The Hall–Kier alpha value is -1.39. The van der Waals surface area contributed by atoms with Gasteiger partial charge in [0.1, 0.15) is 5.54 Å². The van der Waals surface area contributed by atoms with Crippen molar-refractivity contribution in [1.29, 1.82) is 0 Å². The van der Waals surface area contributed by atoms with Gasteiger partial charge >= 0.3 is 5.97 Å². The van der Waals surface area contributed by atoms with Crippen molar-refractivity contribution in [2.75, 3.05) is 0 Å². The van der Waals surface area contributed by atoms with Gasteiger partial charge in [-0.25, -0.2) is 4.79 Å². The van der Waals surface area contributed by atoms with Crippen LogP contribution in [0.4, 0.5) is 0 Å². The standard InChI is InChI=1S/C11H17NO4/c1-3-7-11(2,10(15)16)12-8(13)5-4-6-9(12)14/h3-7H2,1-2H3,(H,15,16). The van der Waals surface area contributed by atoms with E-state index in [0.29, 0.717) is 19.3 Å². The zero-order chi connectivity index (χ0) is 12.3. The molecule has 0 radical (unpaired) electrons. The average Bonchev–Trinajstić information content (AvgIpc) is 2.17. The minimum atomic E-state index is -1.39. The smallest absolute Gasteiger partial charge is 0.329 e. The van der Waals surface area contributed by atoms with E-state index in [1.54, 1.807) is 0 Å². The Kier molecular flexibility index (Phi) is 3.67. The fraction of sp³-hybridized carbons (Fsp3) is 0.727. The summed E-state index contributed by atoms with van der Waals surface area (Å²) in [4.78, 5) is 35.5. The number of hydrogen-bond acceptors (Lipinski definition) is 3. The van der Waals surface area contributed by atoms with Gasteiger partial charge in [0.2, 0.25) is 11.8 Å². The van der Waals surface area contributed by atoms with E-state index in [4.69, 9.17) is 0 Å². The van der Waals surface area contributed by atoms with Gasteiger partial charge in [0.25, 0.3) is 0 Å². The topological polar surface area (TPSA) is 74.7 Å². The monoisotopic (exact) mass is 227 g/mol. The van der Waals surface area contributed by atoms with Crippen LogP contribution in [0.1, 0.15) is 46.0 Å². The normalized spacial score (nSPS) is 20.8. The van der Waals surface area contributed by atoms with Crippen molar-refractivity contribution >= 4 is 17.8 Å². The Morgan fingerprint density at radius 2 is 1.88 bits per heavy atom. The molecule has 0 bridgehead atoms. The van der Waals surface area contributed by atoms with Crippen molar-refractivity contribution in [1.82, 2.24) is 4.90 Å². The molecule has 1 aliphatic rings. The van der Waals surface area contributed by atoms with Crippen LogP contribution in [0, 0.1) is 0 Å². The number of imide groups is 1. The van der Waals surface area contributed by atoms with E-state index in [1.165, 1.54) is 6.92 Å². The summed E-state index contributed by atoms with van der Waals surface area (Å²) in [6.07, 6.45) is 1.95. The van der Waals surface area contributed by atoms with Crippen molar-refractivity contribution < 1.29 is 19.5 Å². The first-order valence-electron chi connectivity index (χ1n) is 5.52. The number of amides is 2. The lowest BCUT2D eigenvalue weighted by atomic mass is 9.91. The van der Waals surface area contributed by atoms with Crippen LogP contribution in [0.15, 0.2) is 0 Å². The maximum atomic E-state index is 11.7. The molecule has 0 saturated carbocycles. The number of piperidine rings is 1. The van der Waals surface area contributed by atoms with Crippen LogP contribution >= 0.6 is 0 Å². The number of carbonyl (C=O) groups excluding carboxylic acids is 2. The average molecular weight is 227 g/mol. The molecule has 1 rings (SSSR count). The van der Waals surface area contributed by atoms with Crippen molar-refractivity contribution in [3.63, 3.8) is 0 Å². The summed E-state index contributed by atoms with van der Waals surface area (Å²) in [5.74, 6) is -1.85. The van der Waals surface area contributed by atoms with E-state index in [2.05, 4.69) is 0 Å². The summed E-state index contributed by atoms with van der Waals surface area (Å²) in [6.45, 7) is 3.28. The number of carboxylic acids is 1. The van der Waals surface area contributed by atoms with Crippen molar-refractivity contribution in [3.8, 4) is 0 Å². The van der Waals surface area contributed by atoms with Crippen LogP contribution in [-0.2, 0) is 14.4 Å². The molecule has 5 nitrogen and oxygen atoms in total. The third-order valence-electron chi connectivity index (χ3n) is 2.97. The molecule has 1 heterocycles. The van der Waals surface area contributed by atoms with E-state index in [-0.39, 0.29) is 24.7 Å². The number of likely N-dealkylation sites (tertiary alicyclic amines) is 1. The Morgan fingerprint density at radius 1 is 1.38 bits per heavy atom. The third-order valence-corrected chi connectivity index (χ3v) is 2.97. The van der Waals surface area contributed by atoms with Crippen molar-refractivity contribution in [2.45, 2.75) is 51.5 Å². The van der Waals surface area contributed by atoms with Gasteiger partial charge in [-0.05, 0) is 19.8 Å². The number of nitrogens with zero attached hydrogens (tertiary/aromatic N) is 1. The van der Waals surface area contributed by atoms with Crippen molar-refractivity contribution in [2.24, 2.45) is 0 Å². The minimum absolute atomic E-state index is 0.262. The first kappa shape index (κ1) is 12.7. The summed E-state index contributed by atoms with van der Waals surface area (Å²) in [5, 5.41) is 9.21. The Bertz CT molecular complexity index is 310. The molecule has 1 saturated heterocycles. The van der Waals surface area contributed by atoms with E-state index in [1.807, 2.05) is 6.92 Å². The minimum Gasteiger partial charge on any atom is -0.479 e. The second-order valence-electron chi connectivity index (χ2n) is 4.31. The van der Waals surface area contributed by atoms with E-state index >= 15 is 0 Å². The second kappa shape index (κ2) is 4.63. The van der Waals surface area contributed by atoms with Crippen LogP contribution in [0.25, 0.3) is 0 Å². The number of carbonyl (C=O) groups is 3. The summed E-state index contributed by atoms with van der Waals surface area (Å²) in [5.41, 5.74) is -1.39. The van der Waals surface area contributed by atoms with Crippen LogP contribution in [0.2, 0.25) is 0 Å². The quantitative estimate of drug-likeness (QED) is 0.731. The number of rotatable bonds is 4. The van der Waals surface area contributed by atoms with Gasteiger partial charge < -0.3 is 5.11 Å². The SMILES string of the molecule is CCCC(C)(C(=O)O)N1C(=O)CCCC1=O. The molecule has 90 valence electrons. The molecule has 16 heavy (non-hydrogen) atoms. The van der Waals surface area contributed by atoms with Gasteiger partial charge in [-0.1, -0.05) is 13.3 Å². The van der Waals surface area contributed by atoms with E-state index in [0.717, 1.165) is 4.90 Å². The lowest BCUT2D eigenvalue weighted by Gasteiger charge is -2.38. The summed E-state index contributed by atoms with van der Waals surface area (Å²) in [6, 6.07) is 0. The highest BCUT2D eigenvalue weighted by Crippen LogP contribution is 2.27. The molecule has 1 unspecified atom stereocenters. The number of aliphatic carboxylic acids is 1. The molecule has 1 aliphatic heterocycles. The molecule has 0 aromatic carbocycles. The molecule has 0 aliphatic carbocycles. The zero-order valence-electron chi connectivity index (χ0n) is 9.65. The zero-order valence-corrected chi connectivity index (χ0v) is 9.65. The van der Waals surface area contributed by atoms with Gasteiger partial charge in [0, 0.05) is 12.8 Å². The molecule has 0 aromatic rings. The third kappa shape index (κ3) is 2.08. The lowest BCUT2D eigenvalue weighted by molar-refractivity contribution is -0.168. The maximum Gasteiger partial charge on any atom is 0.329 e. The van der Waals surface area contributed by atoms with Gasteiger partial charge in [-0.15, -0.1) is 0 Å². The molecule has 2 amide bonds. The van der Waals surface area contributed by atoms with Gasteiger partial charge in [0.05, 0.1) is 0 Å². The highest BCUT2D eigenvalue weighted by molar-refractivity contribution is 6.02. The van der Waals surface area contributed by atoms with Gasteiger partial charge in [-0.2, -0.15) is 0 Å². The predicted octanol–water partition coefficient (Wildman–Crippen LogP) is 1.17. The molecule has 1 fully saturated rings. The van der Waals surface area contributed by atoms with Crippen molar-refractivity contribution in [3.05, 3.63) is 0 Å². The number of hydrogen-bond donors (Lipinski definition) is 1. The summed E-state index contributed by atoms with van der Waals surface area (Å²) >= 11 is 0. The molecule has 1 N–H and O–H groups in total. The fourth-order valence-corrected chi connectivity index (χ4v) is 2.11. The number of carboxylic acid groups (broad SMARTS) is 1. The van der Waals surface area contributed by atoms with E-state index < -0.39 is 11.5 Å². The molecular formula is C11H17NO4. The van der Waals surface area contributed by atoms with Crippen LogP contribution < -0.4 is 0 Å². The van der Waals surface area contributed by atoms with E-state index in [9.17, 15) is 19.5 Å². The summed E-state index contributed by atoms with van der Waals surface area (Å²) < 4.78 is 0. The van der Waals surface area contributed by atoms with Gasteiger partial charge in [-0.3, -0.25) is 14.5 Å². The fourth-order valence-electron chi connectivity index (χ4n) is 2.11. The first-order chi connectivity index (χ1) is 7.43. The Balaban J connectivity index is 3.04. The first-order valence-corrected chi connectivity index (χ1v) is 5.52. The van der Waals surface area contributed by atoms with Crippen LogP contribution in [-0.4, -0.2) is 33.3 Å². The predicted molar refractivity (Wildman–Crippen MR) is 56.7 cm³/mol. The lowest BCUT2D eigenvalue weighted by Crippen LogP contribution is -2.58. The highest BCUT2D eigenvalue weighted by Gasteiger charge is 2.46. The van der Waals surface area contributed by atoms with Gasteiger partial charge in [0.15, 0.2) is 0 Å². The summed E-state index contributed by atoms with van der Waals surface area (Å²) in [7, 11) is 0. The largest absolute Gasteiger partial charge is 0.479 e. The Morgan fingerprint density at radius 3 is 2.25 bits per heavy atom. The van der Waals surface area contributed by atoms with Crippen LogP contribution in [0.3, 0.4) is 0 Å². The Labute approximate surface area is 94.4 Å².